The summed E-state index contributed by atoms with van der Waals surface area (Å²) < 4.78 is 0. The van der Waals surface area contributed by atoms with Crippen molar-refractivity contribution in [3.8, 4) is 0 Å². The lowest BCUT2D eigenvalue weighted by molar-refractivity contribution is -0.121. The molecule has 3 nitrogen and oxygen atoms in total. The molecule has 0 spiro atoms. The second-order valence-corrected chi connectivity index (χ2v) is 7.27. The van der Waals surface area contributed by atoms with Crippen LogP contribution in [0, 0.1) is 6.92 Å². The predicted molar refractivity (Wildman–Crippen MR) is 98.3 cm³/mol. The Balaban J connectivity index is 1.83. The van der Waals surface area contributed by atoms with E-state index in [0.717, 1.165) is 16.1 Å². The summed E-state index contributed by atoms with van der Waals surface area (Å²) in [5.74, 6) is 0.0742. The monoisotopic (exact) mass is 350 g/mol. The van der Waals surface area contributed by atoms with E-state index in [9.17, 15) is 4.79 Å². The first-order chi connectivity index (χ1) is 11.0. The van der Waals surface area contributed by atoms with Crippen LogP contribution in [-0.2, 0) is 11.2 Å². The highest BCUT2D eigenvalue weighted by Crippen LogP contribution is 2.22. The molecule has 1 heterocycles. The van der Waals surface area contributed by atoms with Gasteiger partial charge < -0.3 is 10.2 Å². The van der Waals surface area contributed by atoms with E-state index in [1.54, 1.807) is 11.3 Å². The van der Waals surface area contributed by atoms with Crippen molar-refractivity contribution in [2.24, 2.45) is 0 Å². The molecule has 1 aromatic heterocycles. The molecule has 1 amide bonds. The Morgan fingerprint density at radius 1 is 1.35 bits per heavy atom. The lowest BCUT2D eigenvalue weighted by Gasteiger charge is -2.23. The summed E-state index contributed by atoms with van der Waals surface area (Å²) in [6.07, 6.45) is 1.18. The number of aryl methyl sites for hydroxylation is 2. The van der Waals surface area contributed by atoms with Crippen LogP contribution in [0.15, 0.2) is 35.7 Å². The zero-order chi connectivity index (χ0) is 16.8. The Morgan fingerprint density at radius 2 is 2.13 bits per heavy atom. The Morgan fingerprint density at radius 3 is 2.74 bits per heavy atom. The van der Waals surface area contributed by atoms with Gasteiger partial charge in [-0.05, 0) is 56.1 Å². The first kappa shape index (κ1) is 18.0. The highest BCUT2D eigenvalue weighted by molar-refractivity contribution is 7.10. The van der Waals surface area contributed by atoms with Gasteiger partial charge in [-0.25, -0.2) is 0 Å². The first-order valence-corrected chi connectivity index (χ1v) is 8.94. The molecular formula is C18H23ClN2OS. The minimum absolute atomic E-state index is 0.0742. The van der Waals surface area contributed by atoms with Crippen molar-refractivity contribution in [3.63, 3.8) is 0 Å². The summed E-state index contributed by atoms with van der Waals surface area (Å²) >= 11 is 7.84. The molecule has 1 aromatic carbocycles. The largest absolute Gasteiger partial charge is 0.354 e. The van der Waals surface area contributed by atoms with Gasteiger partial charge in [-0.3, -0.25) is 4.79 Å². The summed E-state index contributed by atoms with van der Waals surface area (Å²) in [5.41, 5.74) is 2.16. The smallest absolute Gasteiger partial charge is 0.220 e. The van der Waals surface area contributed by atoms with Gasteiger partial charge in [0, 0.05) is 22.9 Å². The van der Waals surface area contributed by atoms with Crippen LogP contribution in [0.5, 0.6) is 0 Å². The SMILES string of the molecule is Cc1ccc(CCC(=O)NCC(c2cccs2)N(C)C)cc1Cl. The quantitative estimate of drug-likeness (QED) is 0.816. The number of amides is 1. The molecule has 2 aromatic rings. The molecule has 23 heavy (non-hydrogen) atoms. The van der Waals surface area contributed by atoms with E-state index in [1.807, 2.05) is 45.3 Å². The molecule has 1 atom stereocenters. The number of thiophene rings is 1. The second-order valence-electron chi connectivity index (χ2n) is 5.88. The van der Waals surface area contributed by atoms with Crippen molar-refractivity contribution in [2.45, 2.75) is 25.8 Å². The molecule has 1 unspecified atom stereocenters. The van der Waals surface area contributed by atoms with Crippen LogP contribution in [0.2, 0.25) is 5.02 Å². The standard InChI is InChI=1S/C18H23ClN2OS/c1-13-6-7-14(11-15(13)19)8-9-18(22)20-12-16(21(2)3)17-5-4-10-23-17/h4-7,10-11,16H,8-9,12H2,1-3H3,(H,20,22). The van der Waals surface area contributed by atoms with Gasteiger partial charge in [-0.15, -0.1) is 11.3 Å². The highest BCUT2D eigenvalue weighted by atomic mass is 35.5. The number of nitrogens with zero attached hydrogens (tertiary/aromatic N) is 1. The van der Waals surface area contributed by atoms with Crippen LogP contribution < -0.4 is 5.32 Å². The maximum atomic E-state index is 12.1. The molecule has 2 rings (SSSR count). The van der Waals surface area contributed by atoms with E-state index in [1.165, 1.54) is 4.88 Å². The number of rotatable bonds is 7. The minimum Gasteiger partial charge on any atom is -0.354 e. The Labute approximate surface area is 147 Å². The van der Waals surface area contributed by atoms with E-state index in [4.69, 9.17) is 11.6 Å². The molecule has 0 saturated heterocycles. The number of nitrogens with one attached hydrogen (secondary N) is 1. The van der Waals surface area contributed by atoms with E-state index >= 15 is 0 Å². The number of halogens is 1. The summed E-state index contributed by atoms with van der Waals surface area (Å²) in [7, 11) is 4.07. The Bertz CT molecular complexity index is 640. The summed E-state index contributed by atoms with van der Waals surface area (Å²) in [5, 5.41) is 5.86. The summed E-state index contributed by atoms with van der Waals surface area (Å²) in [4.78, 5) is 15.5. The van der Waals surface area contributed by atoms with Gasteiger partial charge in [0.25, 0.3) is 0 Å². The molecule has 0 saturated carbocycles. The number of carbonyl (C=O) groups is 1. The normalized spacial score (nSPS) is 12.4. The van der Waals surface area contributed by atoms with Gasteiger partial charge >= 0.3 is 0 Å². The number of hydrogen-bond donors (Lipinski definition) is 1. The van der Waals surface area contributed by atoms with Crippen molar-refractivity contribution in [3.05, 3.63) is 56.7 Å². The van der Waals surface area contributed by atoms with Gasteiger partial charge in [0.15, 0.2) is 0 Å². The van der Waals surface area contributed by atoms with Crippen molar-refractivity contribution in [1.29, 1.82) is 0 Å². The first-order valence-electron chi connectivity index (χ1n) is 7.69. The molecule has 5 heteroatoms. The Hall–Kier alpha value is -1.36. The van der Waals surface area contributed by atoms with E-state index in [2.05, 4.69) is 21.7 Å². The van der Waals surface area contributed by atoms with Crippen LogP contribution in [0.25, 0.3) is 0 Å². The number of carbonyl (C=O) groups excluding carboxylic acids is 1. The topological polar surface area (TPSA) is 32.3 Å². The molecule has 1 N–H and O–H groups in total. The van der Waals surface area contributed by atoms with E-state index in [-0.39, 0.29) is 11.9 Å². The average Bonchev–Trinajstić information content (AvgIpc) is 3.02. The molecule has 0 fully saturated rings. The third kappa shape index (κ3) is 5.34. The molecule has 0 radical (unpaired) electrons. The molecular weight excluding hydrogens is 328 g/mol. The van der Waals surface area contributed by atoms with Crippen molar-refractivity contribution in [1.82, 2.24) is 10.2 Å². The molecule has 0 bridgehead atoms. The van der Waals surface area contributed by atoms with Crippen LogP contribution in [0.4, 0.5) is 0 Å². The summed E-state index contributed by atoms with van der Waals surface area (Å²) in [6.45, 7) is 2.60. The zero-order valence-electron chi connectivity index (χ0n) is 13.8. The van der Waals surface area contributed by atoms with E-state index in [0.29, 0.717) is 19.4 Å². The van der Waals surface area contributed by atoms with Gasteiger partial charge in [0.05, 0.1) is 6.04 Å². The fourth-order valence-corrected chi connectivity index (χ4v) is 3.49. The van der Waals surface area contributed by atoms with Crippen molar-refractivity contribution < 1.29 is 4.79 Å². The zero-order valence-corrected chi connectivity index (χ0v) is 15.4. The number of likely N-dealkylation sites (N-methyl/N-ethyl adjacent to an activating group) is 1. The highest BCUT2D eigenvalue weighted by Gasteiger charge is 2.16. The number of benzene rings is 1. The minimum atomic E-state index is 0.0742. The van der Waals surface area contributed by atoms with Crippen LogP contribution >= 0.6 is 22.9 Å². The predicted octanol–water partition coefficient (Wildman–Crippen LogP) is 4.06. The third-order valence-corrected chi connectivity index (χ3v) is 5.25. The van der Waals surface area contributed by atoms with Crippen LogP contribution in [-0.4, -0.2) is 31.4 Å². The van der Waals surface area contributed by atoms with Crippen molar-refractivity contribution >= 4 is 28.8 Å². The third-order valence-electron chi connectivity index (χ3n) is 3.86. The fraction of sp³-hybridized carbons (Fsp3) is 0.389. The van der Waals surface area contributed by atoms with Gasteiger partial charge in [-0.1, -0.05) is 29.8 Å². The molecule has 0 aliphatic heterocycles. The second kappa shape index (κ2) is 8.48. The number of hydrogen-bond acceptors (Lipinski definition) is 3. The summed E-state index contributed by atoms with van der Waals surface area (Å²) in [6, 6.07) is 10.3. The molecule has 0 aliphatic carbocycles. The van der Waals surface area contributed by atoms with Gasteiger partial charge in [0.1, 0.15) is 0 Å². The van der Waals surface area contributed by atoms with Crippen LogP contribution in [0.1, 0.15) is 28.5 Å². The van der Waals surface area contributed by atoms with Crippen molar-refractivity contribution in [2.75, 3.05) is 20.6 Å². The lowest BCUT2D eigenvalue weighted by atomic mass is 10.1. The fourth-order valence-electron chi connectivity index (χ4n) is 2.37. The molecule has 0 aliphatic rings. The maximum Gasteiger partial charge on any atom is 0.220 e. The Kier molecular flexibility index (Phi) is 6.63. The average molecular weight is 351 g/mol. The maximum absolute atomic E-state index is 12.1. The van der Waals surface area contributed by atoms with Gasteiger partial charge in [-0.2, -0.15) is 0 Å². The van der Waals surface area contributed by atoms with Crippen LogP contribution in [0.3, 0.4) is 0 Å². The van der Waals surface area contributed by atoms with E-state index < -0.39 is 0 Å². The lowest BCUT2D eigenvalue weighted by Crippen LogP contribution is -2.34. The van der Waals surface area contributed by atoms with Gasteiger partial charge in [0.2, 0.25) is 5.91 Å². The molecule has 124 valence electrons.